The fourth-order valence-electron chi connectivity index (χ4n) is 1.94. The lowest BCUT2D eigenvalue weighted by atomic mass is 10.2. The predicted molar refractivity (Wildman–Crippen MR) is 88.8 cm³/mol. The van der Waals surface area contributed by atoms with Gasteiger partial charge in [-0.1, -0.05) is 36.7 Å². The molecule has 2 aromatic carbocycles. The first-order chi connectivity index (χ1) is 10.6. The van der Waals surface area contributed by atoms with Crippen molar-refractivity contribution in [3.05, 3.63) is 64.4 Å². The van der Waals surface area contributed by atoms with Crippen LogP contribution in [-0.4, -0.2) is 6.04 Å². The second kappa shape index (κ2) is 8.16. The Bertz CT molecular complexity index is 601. The quantitative estimate of drug-likeness (QED) is 0.779. The van der Waals surface area contributed by atoms with Crippen LogP contribution in [0.25, 0.3) is 0 Å². The van der Waals surface area contributed by atoms with Crippen molar-refractivity contribution < 1.29 is 9.13 Å². The number of rotatable bonds is 7. The zero-order chi connectivity index (χ0) is 15.9. The second-order valence-corrected chi connectivity index (χ2v) is 5.77. The van der Waals surface area contributed by atoms with Gasteiger partial charge in [-0.05, 0) is 43.2 Å². The molecule has 0 saturated carbocycles. The minimum atomic E-state index is -0.341. The van der Waals surface area contributed by atoms with Crippen LogP contribution in [0.2, 0.25) is 5.02 Å². The summed E-state index contributed by atoms with van der Waals surface area (Å²) in [5, 5.41) is 3.83. The van der Waals surface area contributed by atoms with E-state index in [4.69, 9.17) is 16.3 Å². The van der Waals surface area contributed by atoms with Crippen molar-refractivity contribution in [2.75, 3.05) is 0 Å². The molecule has 0 heterocycles. The molecule has 0 amide bonds. The molecule has 0 aromatic heterocycles. The van der Waals surface area contributed by atoms with E-state index in [0.717, 1.165) is 24.3 Å². The predicted octanol–water partition coefficient (Wildman–Crippen LogP) is 4.95. The van der Waals surface area contributed by atoms with Gasteiger partial charge in [0.15, 0.2) is 0 Å². The van der Waals surface area contributed by atoms with E-state index in [1.165, 1.54) is 17.7 Å². The van der Waals surface area contributed by atoms with Gasteiger partial charge in [-0.2, -0.15) is 0 Å². The van der Waals surface area contributed by atoms with Crippen LogP contribution in [-0.2, 0) is 13.2 Å². The van der Waals surface area contributed by atoms with Crippen molar-refractivity contribution in [3.63, 3.8) is 0 Å². The maximum absolute atomic E-state index is 13.0. The largest absolute Gasteiger partial charge is 0.489 e. The number of ether oxygens (including phenoxy) is 1. The van der Waals surface area contributed by atoms with Gasteiger partial charge in [0.1, 0.15) is 18.2 Å². The lowest BCUT2D eigenvalue weighted by Crippen LogP contribution is -2.24. The molecule has 2 nitrogen and oxygen atoms in total. The lowest BCUT2D eigenvalue weighted by Gasteiger charge is -2.12. The van der Waals surface area contributed by atoms with Crippen LogP contribution in [0.4, 0.5) is 4.39 Å². The fourth-order valence-corrected chi connectivity index (χ4v) is 2.16. The van der Waals surface area contributed by atoms with Crippen LogP contribution in [0.1, 0.15) is 31.4 Å². The van der Waals surface area contributed by atoms with Crippen LogP contribution in [0.15, 0.2) is 42.5 Å². The zero-order valence-corrected chi connectivity index (χ0v) is 13.7. The monoisotopic (exact) mass is 321 g/mol. The minimum absolute atomic E-state index is 0.323. The Morgan fingerprint density at radius 2 is 1.91 bits per heavy atom. The van der Waals surface area contributed by atoms with E-state index in [9.17, 15) is 4.39 Å². The SMILES string of the molecule is CC[C@@H](C)NCc1ccc(OCc2ccc(F)cc2Cl)cc1. The average molecular weight is 322 g/mol. The maximum atomic E-state index is 13.0. The first-order valence-electron chi connectivity index (χ1n) is 7.47. The van der Waals surface area contributed by atoms with Crippen molar-refractivity contribution in [2.45, 2.75) is 39.5 Å². The van der Waals surface area contributed by atoms with Crippen molar-refractivity contribution in [2.24, 2.45) is 0 Å². The van der Waals surface area contributed by atoms with E-state index in [1.54, 1.807) is 6.07 Å². The van der Waals surface area contributed by atoms with Crippen LogP contribution in [0, 0.1) is 5.82 Å². The van der Waals surface area contributed by atoms with Gasteiger partial charge < -0.3 is 10.1 Å². The highest BCUT2D eigenvalue weighted by Crippen LogP contribution is 2.20. The third-order valence-electron chi connectivity index (χ3n) is 3.60. The molecule has 1 atom stereocenters. The Labute approximate surface area is 136 Å². The van der Waals surface area contributed by atoms with Gasteiger partial charge in [0, 0.05) is 18.2 Å². The first-order valence-corrected chi connectivity index (χ1v) is 7.85. The van der Waals surface area contributed by atoms with Gasteiger partial charge in [-0.3, -0.25) is 0 Å². The summed E-state index contributed by atoms with van der Waals surface area (Å²) < 4.78 is 18.7. The molecule has 0 radical (unpaired) electrons. The number of benzene rings is 2. The Balaban J connectivity index is 1.88. The molecule has 118 valence electrons. The molecule has 0 aliphatic carbocycles. The summed E-state index contributed by atoms with van der Waals surface area (Å²) in [5.74, 6) is 0.430. The van der Waals surface area contributed by atoms with E-state index in [1.807, 2.05) is 24.3 Å². The molecular weight excluding hydrogens is 301 g/mol. The summed E-state index contributed by atoms with van der Waals surface area (Å²) in [4.78, 5) is 0. The van der Waals surface area contributed by atoms with E-state index in [2.05, 4.69) is 19.2 Å². The molecule has 2 rings (SSSR count). The molecule has 0 bridgehead atoms. The van der Waals surface area contributed by atoms with E-state index < -0.39 is 0 Å². The third kappa shape index (κ3) is 5.00. The lowest BCUT2D eigenvalue weighted by molar-refractivity contribution is 0.306. The van der Waals surface area contributed by atoms with Crippen molar-refractivity contribution in [1.82, 2.24) is 5.32 Å². The van der Waals surface area contributed by atoms with E-state index in [0.29, 0.717) is 17.7 Å². The zero-order valence-electron chi connectivity index (χ0n) is 12.9. The fraction of sp³-hybridized carbons (Fsp3) is 0.333. The summed E-state index contributed by atoms with van der Waals surface area (Å²) in [5.41, 5.74) is 1.98. The number of nitrogens with one attached hydrogen (secondary N) is 1. The summed E-state index contributed by atoms with van der Waals surface area (Å²) in [7, 11) is 0. The molecular formula is C18H21ClFNO. The second-order valence-electron chi connectivity index (χ2n) is 5.36. The molecule has 0 saturated heterocycles. The van der Waals surface area contributed by atoms with Crippen molar-refractivity contribution >= 4 is 11.6 Å². The van der Waals surface area contributed by atoms with Crippen LogP contribution in [0.3, 0.4) is 0 Å². The van der Waals surface area contributed by atoms with Crippen LogP contribution < -0.4 is 10.1 Å². The van der Waals surface area contributed by atoms with Crippen molar-refractivity contribution in [3.8, 4) is 5.75 Å². The van der Waals surface area contributed by atoms with E-state index in [-0.39, 0.29) is 5.82 Å². The normalized spacial score (nSPS) is 12.2. The minimum Gasteiger partial charge on any atom is -0.489 e. The van der Waals surface area contributed by atoms with Gasteiger partial charge in [-0.15, -0.1) is 0 Å². The number of hydrogen-bond acceptors (Lipinski definition) is 2. The highest BCUT2D eigenvalue weighted by molar-refractivity contribution is 6.31. The molecule has 0 aliphatic rings. The van der Waals surface area contributed by atoms with Gasteiger partial charge in [0.05, 0.1) is 5.02 Å². The summed E-state index contributed by atoms with van der Waals surface area (Å²) in [6.45, 7) is 5.50. The average Bonchev–Trinajstić information content (AvgIpc) is 2.52. The smallest absolute Gasteiger partial charge is 0.124 e. The summed E-state index contributed by atoms with van der Waals surface area (Å²) in [6, 6.07) is 12.8. The number of hydrogen-bond donors (Lipinski definition) is 1. The molecule has 0 unspecified atom stereocenters. The van der Waals surface area contributed by atoms with Crippen LogP contribution in [0.5, 0.6) is 5.75 Å². The Hall–Kier alpha value is -1.58. The Morgan fingerprint density at radius 3 is 2.55 bits per heavy atom. The highest BCUT2D eigenvalue weighted by Gasteiger charge is 2.04. The maximum Gasteiger partial charge on any atom is 0.124 e. The Kier molecular flexibility index (Phi) is 6.22. The standard InChI is InChI=1S/C18H21ClFNO/c1-3-13(2)21-11-14-4-8-17(9-5-14)22-12-15-6-7-16(20)10-18(15)19/h4-10,13,21H,3,11-12H2,1-2H3/t13-/m1/s1. The van der Waals surface area contributed by atoms with Crippen molar-refractivity contribution in [1.29, 1.82) is 0 Å². The Morgan fingerprint density at radius 1 is 1.18 bits per heavy atom. The van der Waals surface area contributed by atoms with Gasteiger partial charge in [0.2, 0.25) is 0 Å². The topological polar surface area (TPSA) is 21.3 Å². The summed E-state index contributed by atoms with van der Waals surface area (Å²) >= 11 is 5.98. The molecule has 1 N–H and O–H groups in total. The third-order valence-corrected chi connectivity index (χ3v) is 3.95. The van der Waals surface area contributed by atoms with Gasteiger partial charge in [0.25, 0.3) is 0 Å². The van der Waals surface area contributed by atoms with E-state index >= 15 is 0 Å². The summed E-state index contributed by atoms with van der Waals surface area (Å²) in [6.07, 6.45) is 1.11. The van der Waals surface area contributed by atoms with Crippen LogP contribution >= 0.6 is 11.6 Å². The first kappa shape index (κ1) is 16.8. The number of halogens is 2. The van der Waals surface area contributed by atoms with Gasteiger partial charge >= 0.3 is 0 Å². The van der Waals surface area contributed by atoms with Gasteiger partial charge in [-0.25, -0.2) is 4.39 Å². The molecule has 22 heavy (non-hydrogen) atoms. The molecule has 0 fully saturated rings. The molecule has 0 spiro atoms. The molecule has 0 aliphatic heterocycles. The molecule has 4 heteroatoms. The molecule has 2 aromatic rings. The highest BCUT2D eigenvalue weighted by atomic mass is 35.5.